The summed E-state index contributed by atoms with van der Waals surface area (Å²) < 4.78 is 0. The molecule has 0 saturated carbocycles. The van der Waals surface area contributed by atoms with Gasteiger partial charge in [0.1, 0.15) is 8.07 Å². The molecule has 0 nitrogen and oxygen atoms in total. The molecule has 6 aromatic rings. The molecule has 0 aromatic heterocycles. The highest BCUT2D eigenvalue weighted by Crippen LogP contribution is 2.53. The molecule has 0 N–H and O–H groups in total. The molecule has 6 aromatic carbocycles. The summed E-state index contributed by atoms with van der Waals surface area (Å²) in [4.78, 5) is 0. The van der Waals surface area contributed by atoms with E-state index >= 15 is 0 Å². The van der Waals surface area contributed by atoms with Crippen LogP contribution in [0.3, 0.4) is 0 Å². The number of rotatable bonds is 4. The van der Waals surface area contributed by atoms with E-state index in [0.717, 1.165) is 0 Å². The second-order valence-corrected chi connectivity index (χ2v) is 16.9. The van der Waals surface area contributed by atoms with Gasteiger partial charge in [0.05, 0.1) is 0 Å². The van der Waals surface area contributed by atoms with E-state index in [-0.39, 0.29) is 0 Å². The van der Waals surface area contributed by atoms with E-state index in [9.17, 15) is 0 Å². The monoisotopic (exact) mass is 566 g/mol. The highest BCUT2D eigenvalue weighted by atomic mass is 28.3. The maximum atomic E-state index is 2.57. The van der Waals surface area contributed by atoms with Gasteiger partial charge in [0.25, 0.3) is 0 Å². The summed E-state index contributed by atoms with van der Waals surface area (Å²) in [5.41, 5.74) is 13.7. The van der Waals surface area contributed by atoms with Gasteiger partial charge >= 0.3 is 0 Å². The molecule has 2 radical (unpaired) electrons. The van der Waals surface area contributed by atoms with Gasteiger partial charge in [-0.15, -0.1) is 0 Å². The molecule has 0 spiro atoms. The maximum Gasteiger partial charge on any atom is 0.113 e. The molecule has 0 bridgehead atoms. The van der Waals surface area contributed by atoms with Crippen molar-refractivity contribution in [3.8, 4) is 22.3 Å². The first-order valence-electron chi connectivity index (χ1n) is 15.3. The third kappa shape index (κ3) is 4.10. The lowest BCUT2D eigenvalue weighted by Crippen LogP contribution is -2.31. The van der Waals surface area contributed by atoms with Crippen molar-refractivity contribution in [1.82, 2.24) is 0 Å². The minimum absolute atomic E-state index is 1.28. The highest BCUT2D eigenvalue weighted by molar-refractivity contribution is 7.09. The Morgan fingerprint density at radius 3 is 1.28 bits per heavy atom. The van der Waals surface area contributed by atoms with Gasteiger partial charge in [-0.1, -0.05) is 133 Å². The summed E-state index contributed by atoms with van der Waals surface area (Å²) >= 11 is 0. The third-order valence-electron chi connectivity index (χ3n) is 9.60. The SMILES string of the molecule is CC1=C([Si](C)(C)C2=C(C)[CH]c3cccc(-c4ccc5ccccc5c4)c32)c2c(cccc2-c2ccc3ccccc3c2)[CH]1. The lowest BCUT2D eigenvalue weighted by Gasteiger charge is -2.32. The van der Waals surface area contributed by atoms with Gasteiger partial charge in [0.2, 0.25) is 0 Å². The zero-order chi connectivity index (χ0) is 29.3. The molecule has 206 valence electrons. The average molecular weight is 567 g/mol. The van der Waals surface area contributed by atoms with Crippen LogP contribution in [0.25, 0.3) is 54.2 Å². The lowest BCUT2D eigenvalue weighted by molar-refractivity contribution is 1.44. The molecule has 0 fully saturated rings. The number of hydrogen-bond donors (Lipinski definition) is 0. The van der Waals surface area contributed by atoms with Crippen molar-refractivity contribution in [3.63, 3.8) is 0 Å². The van der Waals surface area contributed by atoms with Crippen molar-refractivity contribution in [2.45, 2.75) is 26.9 Å². The Morgan fingerprint density at radius 2 is 0.837 bits per heavy atom. The topological polar surface area (TPSA) is 0 Å². The predicted octanol–water partition coefficient (Wildman–Crippen LogP) is 11.5. The van der Waals surface area contributed by atoms with E-state index in [1.165, 1.54) is 77.2 Å². The Labute approximate surface area is 256 Å². The molecule has 0 heterocycles. The van der Waals surface area contributed by atoms with Crippen LogP contribution in [0.1, 0.15) is 36.1 Å². The number of benzene rings is 6. The van der Waals surface area contributed by atoms with Gasteiger partial charge in [-0.25, -0.2) is 0 Å². The molecule has 0 saturated heterocycles. The average Bonchev–Trinajstić information content (AvgIpc) is 3.56. The van der Waals surface area contributed by atoms with Gasteiger partial charge in [-0.3, -0.25) is 0 Å². The quantitative estimate of drug-likeness (QED) is 0.186. The molecule has 1 heteroatoms. The van der Waals surface area contributed by atoms with E-state index in [0.29, 0.717) is 0 Å². The highest BCUT2D eigenvalue weighted by Gasteiger charge is 2.42. The van der Waals surface area contributed by atoms with E-state index in [1.807, 2.05) is 0 Å². The van der Waals surface area contributed by atoms with Crippen molar-refractivity contribution in [1.29, 1.82) is 0 Å². The fraction of sp³-hybridized carbons (Fsp3) is 0.0952. The first-order chi connectivity index (χ1) is 20.9. The van der Waals surface area contributed by atoms with E-state index < -0.39 is 8.07 Å². The van der Waals surface area contributed by atoms with Crippen LogP contribution in [0.15, 0.2) is 132 Å². The third-order valence-corrected chi connectivity index (χ3v) is 13.4. The summed E-state index contributed by atoms with van der Waals surface area (Å²) in [5.74, 6) is 0. The second-order valence-electron chi connectivity index (χ2n) is 12.7. The second kappa shape index (κ2) is 9.79. The van der Waals surface area contributed by atoms with Crippen LogP contribution >= 0.6 is 0 Å². The summed E-state index contributed by atoms with van der Waals surface area (Å²) in [5, 5.41) is 8.28. The van der Waals surface area contributed by atoms with Crippen LogP contribution in [-0.2, 0) is 0 Å². The Kier molecular flexibility index (Phi) is 5.96. The van der Waals surface area contributed by atoms with E-state index in [4.69, 9.17) is 0 Å². The molecule has 43 heavy (non-hydrogen) atoms. The Morgan fingerprint density at radius 1 is 0.419 bits per heavy atom. The summed E-state index contributed by atoms with van der Waals surface area (Å²) in [6, 6.07) is 45.0. The fourth-order valence-electron chi connectivity index (χ4n) is 7.87. The van der Waals surface area contributed by atoms with Gasteiger partial charge < -0.3 is 0 Å². The summed E-state index contributed by atoms with van der Waals surface area (Å²) in [6.45, 7) is 9.81. The standard InChI is InChI=1S/C42H34Si/c1-27-23-35-15-9-17-37(33-21-19-29-11-5-7-13-31(29)25-33)39(35)41(27)43(3,4)42-28(2)24-36-16-10-18-38(40(36)42)34-22-20-30-12-6-8-14-32(30)26-34/h5-26H,1-4H3. The van der Waals surface area contributed by atoms with Crippen molar-refractivity contribution in [2.24, 2.45) is 0 Å². The molecule has 0 unspecified atom stereocenters. The predicted molar refractivity (Wildman–Crippen MR) is 188 cm³/mol. The number of hydrogen-bond acceptors (Lipinski definition) is 0. The van der Waals surface area contributed by atoms with Gasteiger partial charge in [0.15, 0.2) is 0 Å². The Hall–Kier alpha value is -4.46. The fourth-order valence-corrected chi connectivity index (χ4v) is 12.0. The molecular weight excluding hydrogens is 533 g/mol. The molecule has 2 aliphatic rings. The largest absolute Gasteiger partial charge is 0.113 e. The molecule has 8 rings (SSSR count). The van der Waals surface area contributed by atoms with E-state index in [2.05, 4.69) is 161 Å². The van der Waals surface area contributed by atoms with Crippen molar-refractivity contribution in [3.05, 3.63) is 168 Å². The number of fused-ring (bicyclic) bond motifs is 4. The molecule has 0 atom stereocenters. The van der Waals surface area contributed by atoms with Crippen LogP contribution in [0, 0.1) is 12.8 Å². The molecule has 2 aliphatic carbocycles. The number of allylic oxidation sites excluding steroid dienone is 2. The zero-order valence-electron chi connectivity index (χ0n) is 25.2. The Balaban J connectivity index is 1.30. The summed E-state index contributed by atoms with van der Waals surface area (Å²) in [7, 11) is -2.20. The normalized spacial score (nSPS) is 14.6. The first-order valence-corrected chi connectivity index (χ1v) is 18.3. The van der Waals surface area contributed by atoms with E-state index in [1.54, 1.807) is 10.4 Å². The minimum Gasteiger partial charge on any atom is -0.0646 e. The van der Waals surface area contributed by atoms with Crippen molar-refractivity contribution >= 4 is 40.0 Å². The van der Waals surface area contributed by atoms with Crippen LogP contribution in [0.2, 0.25) is 13.1 Å². The van der Waals surface area contributed by atoms with Gasteiger partial charge in [0, 0.05) is 12.8 Å². The first kappa shape index (κ1) is 26.2. The van der Waals surface area contributed by atoms with Crippen LogP contribution in [0.5, 0.6) is 0 Å². The Bertz CT molecular complexity index is 2020. The molecular formula is C42H34Si. The maximum absolute atomic E-state index is 2.57. The van der Waals surface area contributed by atoms with Crippen LogP contribution in [0.4, 0.5) is 0 Å². The van der Waals surface area contributed by atoms with Crippen LogP contribution in [-0.4, -0.2) is 8.07 Å². The minimum atomic E-state index is -2.20. The van der Waals surface area contributed by atoms with Gasteiger partial charge in [-0.05, 0) is 102 Å². The summed E-state index contributed by atoms with van der Waals surface area (Å²) in [6.07, 6.45) is 4.85. The zero-order valence-corrected chi connectivity index (χ0v) is 26.2. The van der Waals surface area contributed by atoms with Crippen LogP contribution < -0.4 is 0 Å². The van der Waals surface area contributed by atoms with Crippen molar-refractivity contribution in [2.75, 3.05) is 0 Å². The lowest BCUT2D eigenvalue weighted by atomic mass is 9.95. The molecule has 0 amide bonds. The van der Waals surface area contributed by atoms with Gasteiger partial charge in [-0.2, -0.15) is 0 Å². The molecule has 0 aliphatic heterocycles. The smallest absolute Gasteiger partial charge is 0.0646 e. The van der Waals surface area contributed by atoms with Crippen molar-refractivity contribution < 1.29 is 0 Å².